The van der Waals surface area contributed by atoms with E-state index in [4.69, 9.17) is 9.47 Å². The molecule has 0 amide bonds. The van der Waals surface area contributed by atoms with Crippen molar-refractivity contribution in [1.82, 2.24) is 0 Å². The first-order valence-electron chi connectivity index (χ1n) is 9.58. The van der Waals surface area contributed by atoms with Gasteiger partial charge in [-0.2, -0.15) is 0 Å². The molecule has 0 aromatic carbocycles. The predicted molar refractivity (Wildman–Crippen MR) is 90.7 cm³/mol. The largest absolute Gasteiger partial charge is 0.484 e. The minimum absolute atomic E-state index is 0. The zero-order valence-corrected chi connectivity index (χ0v) is 19.0. The Morgan fingerprint density at radius 2 is 1.96 bits per heavy atom. The number of carbonyl (C=O) groups excluding carboxylic acids is 2. The number of hydrogen-bond acceptors (Lipinski definition) is 7. The molecule has 2 heterocycles. The second-order valence-electron chi connectivity index (χ2n) is 9.36. The van der Waals surface area contributed by atoms with Gasteiger partial charge in [0.05, 0.1) is 6.61 Å². The first kappa shape index (κ1) is 20.9. The molecule has 5 aliphatic rings. The summed E-state index contributed by atoms with van der Waals surface area (Å²) in [6, 6.07) is 0. The van der Waals surface area contributed by atoms with E-state index in [0.29, 0.717) is 6.42 Å². The molecule has 4 fully saturated rings. The molecular formula is C20H25O7Y-. The quantitative estimate of drug-likeness (QED) is 0.340. The maximum absolute atomic E-state index is 12.5. The minimum Gasteiger partial charge on any atom is -0.484 e. The Morgan fingerprint density at radius 1 is 1.29 bits per heavy atom. The predicted octanol–water partition coefficient (Wildman–Crippen LogP) is -0.0221. The van der Waals surface area contributed by atoms with Gasteiger partial charge < -0.3 is 24.8 Å². The van der Waals surface area contributed by atoms with E-state index < -0.39 is 58.5 Å². The van der Waals surface area contributed by atoms with Crippen LogP contribution in [-0.2, 0) is 51.8 Å². The molecule has 2 saturated carbocycles. The van der Waals surface area contributed by atoms with E-state index >= 15 is 0 Å². The summed E-state index contributed by atoms with van der Waals surface area (Å²) in [4.78, 5) is 24.8. The Labute approximate surface area is 188 Å². The molecule has 1 radical (unpaired) electrons. The summed E-state index contributed by atoms with van der Waals surface area (Å²) in [7, 11) is 0. The topological polar surface area (TPSA) is 113 Å². The molecule has 2 aliphatic heterocycles. The van der Waals surface area contributed by atoms with Crippen molar-refractivity contribution >= 4 is 11.8 Å². The average molecular weight is 466 g/mol. The van der Waals surface area contributed by atoms with Gasteiger partial charge in [-0.3, -0.25) is 16.0 Å². The van der Waals surface area contributed by atoms with Crippen LogP contribution in [-0.4, -0.2) is 57.8 Å². The Kier molecular flexibility index (Phi) is 4.57. The van der Waals surface area contributed by atoms with Gasteiger partial charge in [0.25, 0.3) is 0 Å². The molecule has 2 bridgehead atoms. The number of carbonyl (C=O) groups is 2. The van der Waals surface area contributed by atoms with Gasteiger partial charge in [-0.15, -0.1) is 5.92 Å². The third kappa shape index (κ3) is 2.08. The molecule has 7 nitrogen and oxygen atoms in total. The Bertz CT molecular complexity index is 783. The third-order valence-electron chi connectivity index (χ3n) is 8.39. The number of aliphatic hydroxyl groups excluding tert-OH is 2. The standard InChI is InChI=1S/C20H25O7.Y/c1-8-4-12(21)16(24)18(3)10(8)5-13-19-7-26-20(25,17(18)19)15(23)9(2)11(19)6-14(22)27-13;/h4,6,9-11,13,15-17,23-25H,5,7H2,1-3H3;/q-1;/t9-,10+,11+,13-,15-,16-,17-,18-,19-,20+;/m1./s1. The number of hydrogen-bond donors (Lipinski definition) is 3. The number of esters is 1. The molecule has 0 aromatic rings. The number of aliphatic hydroxyl groups is 3. The second-order valence-corrected chi connectivity index (χ2v) is 9.36. The summed E-state index contributed by atoms with van der Waals surface area (Å²) in [6.45, 7) is 5.53. The van der Waals surface area contributed by atoms with Crippen LogP contribution in [0.4, 0.5) is 0 Å². The van der Waals surface area contributed by atoms with Crippen molar-refractivity contribution in [2.45, 2.75) is 51.3 Å². The summed E-state index contributed by atoms with van der Waals surface area (Å²) in [5.41, 5.74) is -1.01. The second kappa shape index (κ2) is 6.11. The normalized spacial score (nSPS) is 56.5. The molecule has 3 aliphatic carbocycles. The summed E-state index contributed by atoms with van der Waals surface area (Å²) < 4.78 is 11.6. The molecule has 5 rings (SSSR count). The van der Waals surface area contributed by atoms with Gasteiger partial charge in [-0.05, 0) is 31.3 Å². The van der Waals surface area contributed by atoms with Gasteiger partial charge >= 0.3 is 0 Å². The van der Waals surface area contributed by atoms with E-state index in [1.807, 2.05) is 6.92 Å². The summed E-state index contributed by atoms with van der Waals surface area (Å²) in [5.74, 6) is -4.53. The van der Waals surface area contributed by atoms with Gasteiger partial charge in [-0.25, -0.2) is 0 Å². The van der Waals surface area contributed by atoms with Gasteiger partial charge in [-0.1, -0.05) is 19.4 Å². The van der Waals surface area contributed by atoms with Gasteiger partial charge in [0.15, 0.2) is 17.5 Å². The Hall–Kier alpha value is -0.306. The molecule has 1 spiro atoms. The Morgan fingerprint density at radius 3 is 2.64 bits per heavy atom. The molecule has 0 unspecified atom stereocenters. The van der Waals surface area contributed by atoms with Crippen LogP contribution in [0.5, 0.6) is 0 Å². The fraction of sp³-hybridized carbons (Fsp3) is 0.750. The molecule has 151 valence electrons. The van der Waals surface area contributed by atoms with Crippen LogP contribution in [0.1, 0.15) is 27.2 Å². The number of allylic oxidation sites excluding steroid dienone is 1. The van der Waals surface area contributed by atoms with Gasteiger partial charge in [0, 0.05) is 49.5 Å². The van der Waals surface area contributed by atoms with Gasteiger partial charge in [0.2, 0.25) is 0 Å². The summed E-state index contributed by atoms with van der Waals surface area (Å²) in [5, 5.41) is 33.4. The molecule has 0 aromatic heterocycles. The fourth-order valence-corrected chi connectivity index (χ4v) is 7.33. The van der Waals surface area contributed by atoms with E-state index in [2.05, 4.69) is 0 Å². The van der Waals surface area contributed by atoms with Crippen LogP contribution in [0.15, 0.2) is 11.6 Å². The molecule has 10 atom stereocenters. The maximum atomic E-state index is 12.5. The summed E-state index contributed by atoms with van der Waals surface area (Å²) >= 11 is 0. The first-order chi connectivity index (χ1) is 12.6. The molecule has 28 heavy (non-hydrogen) atoms. The van der Waals surface area contributed by atoms with Crippen LogP contribution >= 0.6 is 0 Å². The van der Waals surface area contributed by atoms with E-state index in [1.54, 1.807) is 13.8 Å². The van der Waals surface area contributed by atoms with E-state index in [-0.39, 0.29) is 51.2 Å². The van der Waals surface area contributed by atoms with Crippen LogP contribution < -0.4 is 0 Å². The Balaban J connectivity index is 0.00000192. The monoisotopic (exact) mass is 466 g/mol. The first-order valence-corrected chi connectivity index (χ1v) is 9.58. The number of fused-ring (bicyclic) bond motifs is 1. The zero-order chi connectivity index (χ0) is 19.5. The van der Waals surface area contributed by atoms with E-state index in [1.165, 1.54) is 12.5 Å². The molecule has 3 N–H and O–H groups in total. The van der Waals surface area contributed by atoms with E-state index in [9.17, 15) is 24.9 Å². The molecule has 2 saturated heterocycles. The van der Waals surface area contributed by atoms with Crippen molar-refractivity contribution in [3.8, 4) is 0 Å². The van der Waals surface area contributed by atoms with Crippen molar-refractivity contribution in [3.05, 3.63) is 18.1 Å². The fourth-order valence-electron chi connectivity index (χ4n) is 7.33. The average Bonchev–Trinajstić information content (AvgIpc) is 2.90. The van der Waals surface area contributed by atoms with Crippen molar-refractivity contribution in [1.29, 1.82) is 0 Å². The zero-order valence-electron chi connectivity index (χ0n) is 16.2. The molecular weight excluding hydrogens is 441 g/mol. The number of ketones is 1. The van der Waals surface area contributed by atoms with Crippen molar-refractivity contribution < 1.29 is 67.1 Å². The maximum Gasteiger partial charge on any atom is 0.196 e. The summed E-state index contributed by atoms with van der Waals surface area (Å²) in [6.07, 6.45) is 0.317. The van der Waals surface area contributed by atoms with Crippen LogP contribution in [0.2, 0.25) is 0 Å². The van der Waals surface area contributed by atoms with Gasteiger partial charge in [0.1, 0.15) is 18.3 Å². The van der Waals surface area contributed by atoms with Crippen LogP contribution in [0.3, 0.4) is 0 Å². The number of rotatable bonds is 0. The molecule has 8 heteroatoms. The smallest absolute Gasteiger partial charge is 0.196 e. The third-order valence-corrected chi connectivity index (χ3v) is 8.39. The van der Waals surface area contributed by atoms with Crippen LogP contribution in [0.25, 0.3) is 0 Å². The minimum atomic E-state index is -1.90. The number of ether oxygens (including phenoxy) is 2. The van der Waals surface area contributed by atoms with Crippen molar-refractivity contribution in [3.63, 3.8) is 0 Å². The van der Waals surface area contributed by atoms with Crippen molar-refractivity contribution in [2.24, 2.45) is 34.5 Å². The SMILES string of the molecule is CC1=CC(=O)[C@@H](O)[C@]2(C)[C@H]3[C@@]4(O)OC[C@@]35[C@@H](C[C@@H]12)OC(=O)[CH-][C@H]5[C@@H](C)[C@H]4O.[Y]. The van der Waals surface area contributed by atoms with Crippen LogP contribution in [0, 0.1) is 40.9 Å². The van der Waals surface area contributed by atoms with E-state index in [0.717, 1.165) is 5.57 Å². The van der Waals surface area contributed by atoms with Crippen molar-refractivity contribution in [2.75, 3.05) is 6.61 Å².